The van der Waals surface area contributed by atoms with Crippen LogP contribution in [0.25, 0.3) is 0 Å². The van der Waals surface area contributed by atoms with Crippen LogP contribution in [-0.2, 0) is 11.3 Å². The fourth-order valence-electron chi connectivity index (χ4n) is 5.34. The van der Waals surface area contributed by atoms with Crippen LogP contribution in [0.1, 0.15) is 29.2 Å². The van der Waals surface area contributed by atoms with E-state index < -0.39 is 0 Å². The highest BCUT2D eigenvalue weighted by molar-refractivity contribution is 6.05. The Morgan fingerprint density at radius 2 is 1.51 bits per heavy atom. The number of benzene rings is 3. The maximum Gasteiger partial charge on any atom is 0.257 e. The minimum absolute atomic E-state index is 0.0359. The molecule has 39 heavy (non-hydrogen) atoms. The average Bonchev–Trinajstić information content (AvgIpc) is 3.44. The van der Waals surface area contributed by atoms with Gasteiger partial charge in [0.2, 0.25) is 0 Å². The van der Waals surface area contributed by atoms with E-state index in [0.29, 0.717) is 24.5 Å². The van der Waals surface area contributed by atoms with Gasteiger partial charge in [0.25, 0.3) is 5.91 Å². The summed E-state index contributed by atoms with van der Waals surface area (Å²) in [5, 5.41) is 6.51. The van der Waals surface area contributed by atoms with Crippen LogP contribution in [0, 0.1) is 0 Å². The highest BCUT2D eigenvalue weighted by Crippen LogP contribution is 2.40. The van der Waals surface area contributed by atoms with Gasteiger partial charge in [-0.25, -0.2) is 5.01 Å². The first-order chi connectivity index (χ1) is 19.1. The SMILES string of the molecule is COc1ccc(OC)c([C@H]2CC(c3ccccc3OC)=NN2C(=O)CN2CCN(Cc3ccccc3)CC2)c1. The molecule has 3 aromatic carbocycles. The largest absolute Gasteiger partial charge is 0.497 e. The molecule has 1 atom stereocenters. The zero-order chi connectivity index (χ0) is 27.2. The van der Waals surface area contributed by atoms with Crippen molar-refractivity contribution in [2.75, 3.05) is 54.1 Å². The van der Waals surface area contributed by atoms with Gasteiger partial charge < -0.3 is 14.2 Å². The van der Waals surface area contributed by atoms with Gasteiger partial charge in [0.1, 0.15) is 17.2 Å². The first-order valence-corrected chi connectivity index (χ1v) is 13.3. The van der Waals surface area contributed by atoms with Crippen LogP contribution < -0.4 is 14.2 Å². The van der Waals surface area contributed by atoms with Crippen LogP contribution in [0.2, 0.25) is 0 Å². The van der Waals surface area contributed by atoms with Crippen LogP contribution >= 0.6 is 0 Å². The summed E-state index contributed by atoms with van der Waals surface area (Å²) in [6.45, 7) is 4.76. The third-order valence-electron chi connectivity index (χ3n) is 7.45. The lowest BCUT2D eigenvalue weighted by molar-refractivity contribution is -0.134. The van der Waals surface area contributed by atoms with E-state index in [1.807, 2.05) is 48.5 Å². The van der Waals surface area contributed by atoms with Crippen molar-refractivity contribution in [1.29, 1.82) is 0 Å². The number of amides is 1. The quantitative estimate of drug-likeness (QED) is 0.415. The summed E-state index contributed by atoms with van der Waals surface area (Å²) in [5.74, 6) is 2.10. The molecule has 0 N–H and O–H groups in total. The number of carbonyl (C=O) groups is 1. The van der Waals surface area contributed by atoms with E-state index in [1.54, 1.807) is 26.3 Å². The van der Waals surface area contributed by atoms with E-state index in [1.165, 1.54) is 5.56 Å². The van der Waals surface area contributed by atoms with Crippen molar-refractivity contribution in [3.05, 3.63) is 89.5 Å². The zero-order valence-electron chi connectivity index (χ0n) is 22.9. The molecular weight excluding hydrogens is 492 g/mol. The fraction of sp³-hybridized carbons (Fsp3) is 0.355. The minimum atomic E-state index is -0.318. The lowest BCUT2D eigenvalue weighted by atomic mass is 9.97. The molecule has 2 heterocycles. The number of para-hydroxylation sites is 1. The Hall–Kier alpha value is -3.88. The summed E-state index contributed by atoms with van der Waals surface area (Å²) < 4.78 is 16.8. The van der Waals surface area contributed by atoms with E-state index in [-0.39, 0.29) is 11.9 Å². The molecule has 0 unspecified atom stereocenters. The number of rotatable bonds is 9. The fourth-order valence-corrected chi connectivity index (χ4v) is 5.34. The third-order valence-corrected chi connectivity index (χ3v) is 7.45. The Labute approximate surface area is 230 Å². The van der Waals surface area contributed by atoms with Gasteiger partial charge in [0.05, 0.1) is 39.6 Å². The van der Waals surface area contributed by atoms with Crippen LogP contribution in [0.5, 0.6) is 17.2 Å². The number of piperazine rings is 1. The molecule has 1 amide bonds. The van der Waals surface area contributed by atoms with Crippen molar-refractivity contribution < 1.29 is 19.0 Å². The summed E-state index contributed by atoms with van der Waals surface area (Å²) in [6, 6.07) is 23.7. The van der Waals surface area contributed by atoms with E-state index >= 15 is 0 Å². The molecule has 0 saturated carbocycles. The van der Waals surface area contributed by atoms with E-state index in [2.05, 4.69) is 34.1 Å². The molecule has 0 aromatic heterocycles. The second-order valence-corrected chi connectivity index (χ2v) is 9.85. The predicted molar refractivity (Wildman–Crippen MR) is 151 cm³/mol. The maximum atomic E-state index is 13.8. The van der Waals surface area contributed by atoms with Gasteiger partial charge in [0.15, 0.2) is 0 Å². The second kappa shape index (κ2) is 12.3. The van der Waals surface area contributed by atoms with E-state index in [0.717, 1.165) is 55.3 Å². The van der Waals surface area contributed by atoms with Crippen LogP contribution in [0.3, 0.4) is 0 Å². The first-order valence-electron chi connectivity index (χ1n) is 13.3. The van der Waals surface area contributed by atoms with Crippen LogP contribution in [-0.4, -0.2) is 80.5 Å². The highest BCUT2D eigenvalue weighted by atomic mass is 16.5. The topological polar surface area (TPSA) is 66.8 Å². The van der Waals surface area contributed by atoms with Gasteiger partial charge in [-0.15, -0.1) is 0 Å². The number of carbonyl (C=O) groups excluding carboxylic acids is 1. The molecule has 204 valence electrons. The molecule has 1 saturated heterocycles. The van der Waals surface area contributed by atoms with Gasteiger partial charge in [-0.1, -0.05) is 42.5 Å². The molecular formula is C31H36N4O4. The van der Waals surface area contributed by atoms with E-state index in [4.69, 9.17) is 19.3 Å². The van der Waals surface area contributed by atoms with Gasteiger partial charge >= 0.3 is 0 Å². The molecule has 8 nitrogen and oxygen atoms in total. The first kappa shape index (κ1) is 26.7. The number of hydrazone groups is 1. The standard InChI is InChI=1S/C31H36N4O4/c1-37-24-13-14-30(39-3)26(19-24)28-20-27(25-11-7-8-12-29(25)38-2)32-35(28)31(36)22-34-17-15-33(16-18-34)21-23-9-5-4-6-10-23/h4-14,19,28H,15-18,20-22H2,1-3H3/t28-/m1/s1. The van der Waals surface area contributed by atoms with Crippen molar-refractivity contribution in [3.8, 4) is 17.2 Å². The zero-order valence-corrected chi connectivity index (χ0v) is 22.9. The lowest BCUT2D eigenvalue weighted by Gasteiger charge is -2.35. The van der Waals surface area contributed by atoms with E-state index in [9.17, 15) is 4.79 Å². The van der Waals surface area contributed by atoms with Crippen LogP contribution in [0.4, 0.5) is 0 Å². The summed E-state index contributed by atoms with van der Waals surface area (Å²) in [4.78, 5) is 18.5. The van der Waals surface area contributed by atoms with Crippen LogP contribution in [0.15, 0.2) is 77.9 Å². The molecule has 0 spiro atoms. The predicted octanol–water partition coefficient (Wildman–Crippen LogP) is 4.21. The van der Waals surface area contributed by atoms with Crippen molar-refractivity contribution in [2.24, 2.45) is 5.10 Å². The minimum Gasteiger partial charge on any atom is -0.497 e. The van der Waals surface area contributed by atoms with Gasteiger partial charge in [-0.3, -0.25) is 14.6 Å². The number of hydrogen-bond donors (Lipinski definition) is 0. The van der Waals surface area contributed by atoms with Gasteiger partial charge in [-0.2, -0.15) is 5.10 Å². The Balaban J connectivity index is 1.35. The number of hydrogen-bond acceptors (Lipinski definition) is 7. The monoisotopic (exact) mass is 528 g/mol. The smallest absolute Gasteiger partial charge is 0.257 e. The normalized spacial score (nSPS) is 18.1. The number of nitrogens with zero attached hydrogens (tertiary/aromatic N) is 4. The lowest BCUT2D eigenvalue weighted by Crippen LogP contribution is -2.49. The molecule has 3 aromatic rings. The van der Waals surface area contributed by atoms with Crippen molar-refractivity contribution in [3.63, 3.8) is 0 Å². The number of ether oxygens (including phenoxy) is 3. The van der Waals surface area contributed by atoms with Crippen molar-refractivity contribution in [2.45, 2.75) is 19.0 Å². The average molecular weight is 529 g/mol. The number of methoxy groups -OCH3 is 3. The van der Waals surface area contributed by atoms with Crippen molar-refractivity contribution >= 4 is 11.6 Å². The summed E-state index contributed by atoms with van der Waals surface area (Å²) in [6.07, 6.45) is 0.542. The summed E-state index contributed by atoms with van der Waals surface area (Å²) in [5.41, 5.74) is 3.87. The molecule has 0 aliphatic carbocycles. The van der Waals surface area contributed by atoms with Gasteiger partial charge in [0, 0.05) is 50.3 Å². The molecule has 0 radical (unpaired) electrons. The summed E-state index contributed by atoms with van der Waals surface area (Å²) in [7, 11) is 4.93. The Morgan fingerprint density at radius 3 is 2.23 bits per heavy atom. The Bertz CT molecular complexity index is 1300. The molecule has 0 bridgehead atoms. The molecule has 2 aliphatic heterocycles. The Kier molecular flexibility index (Phi) is 8.44. The maximum absolute atomic E-state index is 13.8. The van der Waals surface area contributed by atoms with Crippen molar-refractivity contribution in [1.82, 2.24) is 14.8 Å². The van der Waals surface area contributed by atoms with Gasteiger partial charge in [-0.05, 0) is 35.9 Å². The summed E-state index contributed by atoms with van der Waals surface area (Å²) >= 11 is 0. The highest BCUT2D eigenvalue weighted by Gasteiger charge is 2.36. The molecule has 1 fully saturated rings. The molecule has 8 heteroatoms. The second-order valence-electron chi connectivity index (χ2n) is 9.85. The Morgan fingerprint density at radius 1 is 0.821 bits per heavy atom. The third kappa shape index (κ3) is 6.08. The molecule has 2 aliphatic rings. The molecule has 5 rings (SSSR count).